The Morgan fingerprint density at radius 2 is 2.04 bits per heavy atom. The van der Waals surface area contributed by atoms with E-state index in [1.165, 1.54) is 10.9 Å². The van der Waals surface area contributed by atoms with Crippen molar-refractivity contribution < 1.29 is 4.79 Å². The summed E-state index contributed by atoms with van der Waals surface area (Å²) in [5.74, 6) is 0.180. The van der Waals surface area contributed by atoms with E-state index in [-0.39, 0.29) is 17.5 Å². The highest BCUT2D eigenvalue weighted by Gasteiger charge is 2.21. The number of nitrogens with zero attached hydrogens (tertiary/aromatic N) is 3. The minimum atomic E-state index is -0.229. The van der Waals surface area contributed by atoms with Gasteiger partial charge in [-0.05, 0) is 31.9 Å². The van der Waals surface area contributed by atoms with E-state index < -0.39 is 0 Å². The fraction of sp³-hybridized carbons (Fsp3) is 0.333. The van der Waals surface area contributed by atoms with Crippen molar-refractivity contribution in [2.75, 3.05) is 0 Å². The molecule has 2 aromatic heterocycles. The van der Waals surface area contributed by atoms with Gasteiger partial charge in [0.2, 0.25) is 5.95 Å². The number of nitrogens with one attached hydrogen (secondary N) is 2. The van der Waals surface area contributed by atoms with Gasteiger partial charge in [0.1, 0.15) is 0 Å². The van der Waals surface area contributed by atoms with Crippen molar-refractivity contribution in [3.05, 3.63) is 52.1 Å². The Morgan fingerprint density at radius 3 is 2.84 bits per heavy atom. The molecule has 0 saturated heterocycles. The van der Waals surface area contributed by atoms with Gasteiger partial charge in [0.05, 0.1) is 28.4 Å². The minimum Gasteiger partial charge on any atom is -0.349 e. The largest absolute Gasteiger partial charge is 0.349 e. The molecule has 0 radical (unpaired) electrons. The number of benzene rings is 1. The number of hydrogen-bond acceptors (Lipinski definition) is 4. The normalized spacial score (nSPS) is 14.9. The molecule has 0 bridgehead atoms. The summed E-state index contributed by atoms with van der Waals surface area (Å²) in [6.07, 6.45) is 5.89. The molecule has 1 aliphatic rings. The summed E-state index contributed by atoms with van der Waals surface area (Å²) in [6.45, 7) is 1.80. The molecule has 7 heteroatoms. The van der Waals surface area contributed by atoms with Gasteiger partial charge in [-0.1, -0.05) is 25.0 Å². The lowest BCUT2D eigenvalue weighted by molar-refractivity contribution is 0.0937. The third-order valence-corrected chi connectivity index (χ3v) is 4.75. The van der Waals surface area contributed by atoms with Gasteiger partial charge in [-0.25, -0.2) is 9.67 Å². The number of H-pyrrole nitrogens is 1. The van der Waals surface area contributed by atoms with Crippen LogP contribution in [0.1, 0.15) is 41.7 Å². The van der Waals surface area contributed by atoms with Crippen molar-refractivity contribution >= 4 is 16.8 Å². The predicted octanol–water partition coefficient (Wildman–Crippen LogP) is 2.09. The van der Waals surface area contributed by atoms with Crippen LogP contribution in [0.2, 0.25) is 0 Å². The zero-order valence-corrected chi connectivity index (χ0v) is 14.0. The molecule has 1 amide bonds. The highest BCUT2D eigenvalue weighted by molar-refractivity contribution is 5.95. The van der Waals surface area contributed by atoms with Crippen molar-refractivity contribution in [2.24, 2.45) is 0 Å². The van der Waals surface area contributed by atoms with Crippen molar-refractivity contribution in [3.63, 3.8) is 0 Å². The Morgan fingerprint density at radius 1 is 1.28 bits per heavy atom. The van der Waals surface area contributed by atoms with Crippen LogP contribution in [0.25, 0.3) is 16.9 Å². The zero-order valence-electron chi connectivity index (χ0n) is 14.0. The Labute approximate surface area is 144 Å². The van der Waals surface area contributed by atoms with E-state index in [1.807, 2.05) is 6.07 Å². The Kier molecular flexibility index (Phi) is 3.83. The summed E-state index contributed by atoms with van der Waals surface area (Å²) in [5, 5.41) is 7.83. The number of aromatic amines is 1. The summed E-state index contributed by atoms with van der Waals surface area (Å²) in [5.41, 5.74) is 1.51. The number of rotatable bonds is 3. The first kappa shape index (κ1) is 15.6. The maximum absolute atomic E-state index is 12.5. The summed E-state index contributed by atoms with van der Waals surface area (Å²) < 4.78 is 1.50. The summed E-state index contributed by atoms with van der Waals surface area (Å²) in [6, 6.07) is 7.37. The number of aromatic nitrogens is 4. The Bertz CT molecular complexity index is 998. The molecule has 3 aromatic rings. The number of carbonyl (C=O) groups excluding carboxylic acids is 1. The molecular formula is C18H19N5O2. The molecule has 128 valence electrons. The van der Waals surface area contributed by atoms with Gasteiger partial charge in [-0.15, -0.1) is 0 Å². The van der Waals surface area contributed by atoms with Crippen LogP contribution < -0.4 is 10.9 Å². The first-order valence-corrected chi connectivity index (χ1v) is 8.48. The first-order valence-electron chi connectivity index (χ1n) is 8.48. The van der Waals surface area contributed by atoms with Crippen LogP contribution >= 0.6 is 0 Å². The number of para-hydroxylation sites is 1. The average Bonchev–Trinajstić information content (AvgIpc) is 3.24. The maximum Gasteiger partial charge on any atom is 0.260 e. The second-order valence-electron chi connectivity index (χ2n) is 6.42. The zero-order chi connectivity index (χ0) is 17.4. The van der Waals surface area contributed by atoms with Crippen molar-refractivity contribution in [1.29, 1.82) is 0 Å². The van der Waals surface area contributed by atoms with Crippen LogP contribution in [0.3, 0.4) is 0 Å². The number of fused-ring (bicyclic) bond motifs is 1. The molecule has 2 heterocycles. The molecule has 1 fully saturated rings. The molecular weight excluding hydrogens is 318 g/mol. The highest BCUT2D eigenvalue weighted by Crippen LogP contribution is 2.19. The van der Waals surface area contributed by atoms with Gasteiger partial charge in [-0.3, -0.25) is 14.6 Å². The van der Waals surface area contributed by atoms with Gasteiger partial charge in [0.15, 0.2) is 0 Å². The van der Waals surface area contributed by atoms with Gasteiger partial charge in [0.25, 0.3) is 11.5 Å². The highest BCUT2D eigenvalue weighted by atomic mass is 16.1. The number of carbonyl (C=O) groups is 1. The standard InChI is InChI=1S/C18H19N5O2/c1-11-14(17(25)20-12-6-2-3-7-12)10-19-23(11)18-21-15-9-5-4-8-13(15)16(24)22-18/h4-5,8-10,12H,2-3,6-7H2,1H3,(H,20,25)(H,21,22,24). The smallest absolute Gasteiger partial charge is 0.260 e. The second kappa shape index (κ2) is 6.16. The monoisotopic (exact) mass is 337 g/mol. The van der Waals surface area contributed by atoms with Gasteiger partial charge >= 0.3 is 0 Å². The Balaban J connectivity index is 1.69. The van der Waals surface area contributed by atoms with E-state index in [9.17, 15) is 9.59 Å². The molecule has 0 aliphatic heterocycles. The quantitative estimate of drug-likeness (QED) is 0.765. The van der Waals surface area contributed by atoms with E-state index in [0.29, 0.717) is 28.1 Å². The van der Waals surface area contributed by atoms with E-state index in [1.54, 1.807) is 25.1 Å². The van der Waals surface area contributed by atoms with Crippen molar-refractivity contribution in [1.82, 2.24) is 25.1 Å². The fourth-order valence-corrected chi connectivity index (χ4v) is 3.35. The summed E-state index contributed by atoms with van der Waals surface area (Å²) in [7, 11) is 0. The van der Waals surface area contributed by atoms with Gasteiger partial charge in [-0.2, -0.15) is 5.10 Å². The number of hydrogen-bond donors (Lipinski definition) is 2. The lowest BCUT2D eigenvalue weighted by atomic mass is 10.2. The second-order valence-corrected chi connectivity index (χ2v) is 6.42. The van der Waals surface area contributed by atoms with Gasteiger partial charge in [0, 0.05) is 6.04 Å². The third-order valence-electron chi connectivity index (χ3n) is 4.75. The number of amides is 1. The fourth-order valence-electron chi connectivity index (χ4n) is 3.35. The van der Waals surface area contributed by atoms with Crippen molar-refractivity contribution in [3.8, 4) is 5.95 Å². The van der Waals surface area contributed by atoms with E-state index >= 15 is 0 Å². The SMILES string of the molecule is Cc1c(C(=O)NC2CCCC2)cnn1-c1nc2ccccc2c(=O)[nH]1. The molecule has 0 unspecified atom stereocenters. The molecule has 2 N–H and O–H groups in total. The van der Waals surface area contributed by atoms with E-state index in [4.69, 9.17) is 0 Å². The molecule has 1 aromatic carbocycles. The van der Waals surface area contributed by atoms with Crippen LogP contribution in [0.5, 0.6) is 0 Å². The molecule has 4 rings (SSSR count). The maximum atomic E-state index is 12.5. The lowest BCUT2D eigenvalue weighted by Crippen LogP contribution is -2.32. The predicted molar refractivity (Wildman–Crippen MR) is 93.9 cm³/mol. The molecule has 1 saturated carbocycles. The van der Waals surface area contributed by atoms with Crippen LogP contribution in [-0.2, 0) is 0 Å². The molecule has 0 spiro atoms. The molecule has 25 heavy (non-hydrogen) atoms. The molecule has 1 aliphatic carbocycles. The van der Waals surface area contributed by atoms with Crippen LogP contribution in [0, 0.1) is 6.92 Å². The summed E-state index contributed by atoms with van der Waals surface area (Å²) in [4.78, 5) is 31.9. The lowest BCUT2D eigenvalue weighted by Gasteiger charge is -2.11. The Hall–Kier alpha value is -2.96. The van der Waals surface area contributed by atoms with Crippen LogP contribution in [0.15, 0.2) is 35.3 Å². The summed E-state index contributed by atoms with van der Waals surface area (Å²) >= 11 is 0. The van der Waals surface area contributed by atoms with Crippen molar-refractivity contribution in [2.45, 2.75) is 38.6 Å². The van der Waals surface area contributed by atoms with E-state index in [0.717, 1.165) is 25.7 Å². The topological polar surface area (TPSA) is 92.7 Å². The first-order chi connectivity index (χ1) is 12.1. The van der Waals surface area contributed by atoms with Crippen LogP contribution in [0.4, 0.5) is 0 Å². The average molecular weight is 337 g/mol. The van der Waals surface area contributed by atoms with Crippen LogP contribution in [-0.4, -0.2) is 31.7 Å². The molecule has 0 atom stereocenters. The third kappa shape index (κ3) is 2.82. The van der Waals surface area contributed by atoms with E-state index in [2.05, 4.69) is 20.4 Å². The van der Waals surface area contributed by atoms with Gasteiger partial charge < -0.3 is 5.32 Å². The molecule has 7 nitrogen and oxygen atoms in total. The minimum absolute atomic E-state index is 0.126.